The summed E-state index contributed by atoms with van der Waals surface area (Å²) >= 11 is 0. The highest BCUT2D eigenvalue weighted by Crippen LogP contribution is 2.29. The van der Waals surface area contributed by atoms with E-state index < -0.39 is 5.97 Å². The first-order valence-electron chi connectivity index (χ1n) is 4.66. The van der Waals surface area contributed by atoms with Gasteiger partial charge in [0, 0.05) is 5.39 Å². The summed E-state index contributed by atoms with van der Waals surface area (Å²) in [4.78, 5) is 11.0. The number of phenols is 1. The molecule has 2 aromatic carbocycles. The number of methoxy groups -OCH3 is 1. The third kappa shape index (κ3) is 1.54. The van der Waals surface area contributed by atoms with Crippen LogP contribution in [0.1, 0.15) is 10.4 Å². The normalized spacial score (nSPS) is 10.3. The summed E-state index contributed by atoms with van der Waals surface area (Å²) in [6.07, 6.45) is 0. The molecule has 4 nitrogen and oxygen atoms in total. The second-order valence-electron chi connectivity index (χ2n) is 3.35. The Morgan fingerprint density at radius 3 is 2.62 bits per heavy atom. The summed E-state index contributed by atoms with van der Waals surface area (Å²) in [5.41, 5.74) is -0.0832. The van der Waals surface area contributed by atoms with Gasteiger partial charge in [0.2, 0.25) is 0 Å². The fourth-order valence-electron chi connectivity index (χ4n) is 1.65. The highest BCUT2D eigenvalue weighted by molar-refractivity contribution is 6.06. The summed E-state index contributed by atoms with van der Waals surface area (Å²) in [5.74, 6) is -0.729. The number of hydrogen-bond acceptors (Lipinski definition) is 3. The number of benzene rings is 2. The van der Waals surface area contributed by atoms with E-state index >= 15 is 0 Å². The molecule has 0 amide bonds. The molecule has 0 aliphatic rings. The lowest BCUT2D eigenvalue weighted by Gasteiger charge is -2.06. The Labute approximate surface area is 91.7 Å². The first-order chi connectivity index (χ1) is 7.63. The van der Waals surface area contributed by atoms with E-state index in [1.165, 1.54) is 6.07 Å². The standard InChI is InChI=1S/C12H10O4/c1-16-8-3-4-9-7(6-8)2-5-10(13)11(9)12(14)15/h2-6,13H,1H3,(H,14,15). The number of fused-ring (bicyclic) bond motifs is 1. The molecule has 0 heterocycles. The SMILES string of the molecule is COc1ccc2c(C(=O)O)c(O)ccc2c1. The second-order valence-corrected chi connectivity index (χ2v) is 3.35. The molecule has 0 unspecified atom stereocenters. The van der Waals surface area contributed by atoms with Crippen molar-refractivity contribution >= 4 is 16.7 Å². The number of carbonyl (C=O) groups is 1. The van der Waals surface area contributed by atoms with Crippen molar-refractivity contribution in [2.24, 2.45) is 0 Å². The largest absolute Gasteiger partial charge is 0.507 e. The van der Waals surface area contributed by atoms with Crippen molar-refractivity contribution in [3.63, 3.8) is 0 Å². The Morgan fingerprint density at radius 1 is 1.25 bits per heavy atom. The van der Waals surface area contributed by atoms with E-state index in [1.54, 1.807) is 31.4 Å². The Bertz CT molecular complexity index is 560. The van der Waals surface area contributed by atoms with Gasteiger partial charge in [0.05, 0.1) is 7.11 Å². The monoisotopic (exact) mass is 218 g/mol. The third-order valence-electron chi connectivity index (χ3n) is 2.42. The van der Waals surface area contributed by atoms with E-state index in [0.717, 1.165) is 5.39 Å². The van der Waals surface area contributed by atoms with Crippen molar-refractivity contribution in [1.82, 2.24) is 0 Å². The van der Waals surface area contributed by atoms with E-state index in [1.807, 2.05) is 0 Å². The van der Waals surface area contributed by atoms with Gasteiger partial charge in [0.15, 0.2) is 0 Å². The predicted octanol–water partition coefficient (Wildman–Crippen LogP) is 2.25. The van der Waals surface area contributed by atoms with Crippen molar-refractivity contribution in [2.75, 3.05) is 7.11 Å². The number of carboxylic acid groups (broad SMARTS) is 1. The quantitative estimate of drug-likeness (QED) is 0.811. The van der Waals surface area contributed by atoms with Gasteiger partial charge in [0.1, 0.15) is 17.1 Å². The van der Waals surface area contributed by atoms with Crippen molar-refractivity contribution in [3.05, 3.63) is 35.9 Å². The third-order valence-corrected chi connectivity index (χ3v) is 2.42. The van der Waals surface area contributed by atoms with Crippen LogP contribution in [-0.4, -0.2) is 23.3 Å². The van der Waals surface area contributed by atoms with Gasteiger partial charge in [0.25, 0.3) is 0 Å². The molecule has 0 aromatic heterocycles. The molecule has 16 heavy (non-hydrogen) atoms. The van der Waals surface area contributed by atoms with Crippen LogP contribution in [0, 0.1) is 0 Å². The van der Waals surface area contributed by atoms with Crippen molar-refractivity contribution in [1.29, 1.82) is 0 Å². The highest BCUT2D eigenvalue weighted by Gasteiger charge is 2.14. The molecule has 2 N–H and O–H groups in total. The van der Waals surface area contributed by atoms with E-state index in [9.17, 15) is 9.90 Å². The van der Waals surface area contributed by atoms with E-state index in [-0.39, 0.29) is 11.3 Å². The molecule has 2 aromatic rings. The number of aromatic carboxylic acids is 1. The Balaban J connectivity index is 2.79. The lowest BCUT2D eigenvalue weighted by Crippen LogP contribution is -1.98. The molecule has 0 saturated carbocycles. The lowest BCUT2D eigenvalue weighted by atomic mass is 10.0. The van der Waals surface area contributed by atoms with Gasteiger partial charge in [-0.15, -0.1) is 0 Å². The summed E-state index contributed by atoms with van der Waals surface area (Å²) in [7, 11) is 1.54. The minimum atomic E-state index is -1.15. The average molecular weight is 218 g/mol. The molecule has 4 heteroatoms. The van der Waals surface area contributed by atoms with Crippen LogP contribution in [0.25, 0.3) is 10.8 Å². The minimum Gasteiger partial charge on any atom is -0.507 e. The van der Waals surface area contributed by atoms with E-state index in [0.29, 0.717) is 11.1 Å². The van der Waals surface area contributed by atoms with Crippen LogP contribution in [0.5, 0.6) is 11.5 Å². The van der Waals surface area contributed by atoms with Gasteiger partial charge < -0.3 is 14.9 Å². The van der Waals surface area contributed by atoms with Gasteiger partial charge in [-0.1, -0.05) is 6.07 Å². The van der Waals surface area contributed by atoms with Crippen LogP contribution in [-0.2, 0) is 0 Å². The smallest absolute Gasteiger partial charge is 0.340 e. The zero-order chi connectivity index (χ0) is 11.7. The molecule has 0 aliphatic carbocycles. The first kappa shape index (κ1) is 10.3. The Hall–Kier alpha value is -2.23. The Morgan fingerprint density at radius 2 is 2.00 bits per heavy atom. The van der Waals surface area contributed by atoms with Crippen molar-refractivity contribution < 1.29 is 19.7 Å². The highest BCUT2D eigenvalue weighted by atomic mass is 16.5. The second kappa shape index (κ2) is 3.73. The molecule has 0 saturated heterocycles. The Kier molecular flexibility index (Phi) is 2.40. The number of rotatable bonds is 2. The molecule has 0 radical (unpaired) electrons. The van der Waals surface area contributed by atoms with Crippen LogP contribution in [0.2, 0.25) is 0 Å². The molecule has 2 rings (SSSR count). The first-order valence-corrected chi connectivity index (χ1v) is 4.66. The van der Waals surface area contributed by atoms with Gasteiger partial charge in [-0.05, 0) is 29.7 Å². The molecule has 0 atom stereocenters. The summed E-state index contributed by atoms with van der Waals surface area (Å²) < 4.78 is 5.04. The van der Waals surface area contributed by atoms with Crippen LogP contribution < -0.4 is 4.74 Å². The number of hydrogen-bond donors (Lipinski definition) is 2. The van der Waals surface area contributed by atoms with Gasteiger partial charge in [-0.25, -0.2) is 4.79 Å². The zero-order valence-electron chi connectivity index (χ0n) is 8.60. The molecular weight excluding hydrogens is 208 g/mol. The molecule has 0 fully saturated rings. The molecule has 0 spiro atoms. The minimum absolute atomic E-state index is 0.0832. The van der Waals surface area contributed by atoms with E-state index in [4.69, 9.17) is 9.84 Å². The summed E-state index contributed by atoms with van der Waals surface area (Å²) in [6, 6.07) is 8.03. The fourth-order valence-corrected chi connectivity index (χ4v) is 1.65. The molecule has 0 bridgehead atoms. The summed E-state index contributed by atoms with van der Waals surface area (Å²) in [6.45, 7) is 0. The summed E-state index contributed by atoms with van der Waals surface area (Å²) in [5, 5.41) is 19.7. The van der Waals surface area contributed by atoms with Crippen molar-refractivity contribution in [3.8, 4) is 11.5 Å². The number of ether oxygens (including phenoxy) is 1. The average Bonchev–Trinajstić information content (AvgIpc) is 2.27. The predicted molar refractivity (Wildman–Crippen MR) is 59.1 cm³/mol. The maximum absolute atomic E-state index is 11.0. The topological polar surface area (TPSA) is 66.8 Å². The number of carboxylic acids is 1. The maximum atomic E-state index is 11.0. The van der Waals surface area contributed by atoms with Crippen molar-refractivity contribution in [2.45, 2.75) is 0 Å². The van der Waals surface area contributed by atoms with E-state index in [2.05, 4.69) is 0 Å². The van der Waals surface area contributed by atoms with Gasteiger partial charge >= 0.3 is 5.97 Å². The zero-order valence-corrected chi connectivity index (χ0v) is 8.60. The lowest BCUT2D eigenvalue weighted by molar-refractivity contribution is 0.0696. The molecule has 0 aliphatic heterocycles. The van der Waals surface area contributed by atoms with Gasteiger partial charge in [-0.3, -0.25) is 0 Å². The fraction of sp³-hybridized carbons (Fsp3) is 0.0833. The van der Waals surface area contributed by atoms with Crippen LogP contribution in [0.15, 0.2) is 30.3 Å². The molecular formula is C12H10O4. The maximum Gasteiger partial charge on any atom is 0.340 e. The van der Waals surface area contributed by atoms with Crippen LogP contribution in [0.4, 0.5) is 0 Å². The van der Waals surface area contributed by atoms with Gasteiger partial charge in [-0.2, -0.15) is 0 Å². The number of aromatic hydroxyl groups is 1. The van der Waals surface area contributed by atoms with Crippen LogP contribution in [0.3, 0.4) is 0 Å². The molecule has 82 valence electrons. The van der Waals surface area contributed by atoms with Crippen LogP contribution >= 0.6 is 0 Å².